The van der Waals surface area contributed by atoms with E-state index >= 15 is 0 Å². The summed E-state index contributed by atoms with van der Waals surface area (Å²) in [6.07, 6.45) is 3.26. The molecule has 0 spiro atoms. The minimum atomic E-state index is -2.56. The highest BCUT2D eigenvalue weighted by Gasteiger charge is 2.30. The number of dihydropyridines is 1. The Hall–Kier alpha value is -1.69. The van der Waals surface area contributed by atoms with E-state index in [1.165, 1.54) is 7.05 Å². The summed E-state index contributed by atoms with van der Waals surface area (Å²) in [5.74, 6) is -0.389. The van der Waals surface area contributed by atoms with Gasteiger partial charge in [0.05, 0.1) is 0 Å². The Labute approximate surface area is 110 Å². The van der Waals surface area contributed by atoms with Crippen LogP contribution in [0.15, 0.2) is 35.1 Å². The van der Waals surface area contributed by atoms with Gasteiger partial charge < -0.3 is 16.0 Å². The quantitative estimate of drug-likeness (QED) is 0.707. The summed E-state index contributed by atoms with van der Waals surface area (Å²) in [4.78, 5) is 11.5. The van der Waals surface area contributed by atoms with Gasteiger partial charge >= 0.3 is 0 Å². The van der Waals surface area contributed by atoms with Crippen LogP contribution in [0.4, 0.5) is 8.78 Å². The number of rotatable bonds is 3. The summed E-state index contributed by atoms with van der Waals surface area (Å²) in [5.41, 5.74) is 1.67. The van der Waals surface area contributed by atoms with E-state index < -0.39 is 12.5 Å². The fraction of sp³-hybridized carbons (Fsp3) is 0.462. The molecule has 0 saturated carbocycles. The first-order chi connectivity index (χ1) is 9.13. The molecule has 104 valence electrons. The lowest BCUT2D eigenvalue weighted by atomic mass is 9.91. The molecule has 3 N–H and O–H groups in total. The second-order valence-corrected chi connectivity index (χ2v) is 4.42. The molecule has 1 atom stereocenters. The van der Waals surface area contributed by atoms with Crippen molar-refractivity contribution in [1.29, 1.82) is 0 Å². The van der Waals surface area contributed by atoms with Gasteiger partial charge in [0, 0.05) is 13.6 Å². The summed E-state index contributed by atoms with van der Waals surface area (Å²) in [6.45, 7) is 1.47. The number of halogens is 2. The molecule has 2 rings (SSSR count). The zero-order chi connectivity index (χ0) is 13.8. The van der Waals surface area contributed by atoms with Crippen molar-refractivity contribution in [3.8, 4) is 0 Å². The van der Waals surface area contributed by atoms with E-state index in [2.05, 4.69) is 16.0 Å². The van der Waals surface area contributed by atoms with Gasteiger partial charge in [0.15, 0.2) is 0 Å². The number of nitrogens with one attached hydrogen (secondary N) is 3. The van der Waals surface area contributed by atoms with Crippen LogP contribution < -0.4 is 16.0 Å². The van der Waals surface area contributed by atoms with Crippen molar-refractivity contribution in [3.05, 3.63) is 35.1 Å². The molecule has 0 aliphatic carbocycles. The molecule has 0 aromatic rings. The van der Waals surface area contributed by atoms with E-state index in [0.29, 0.717) is 12.1 Å². The lowest BCUT2D eigenvalue weighted by molar-refractivity contribution is -0.117. The number of hydrogen-bond donors (Lipinski definition) is 3. The van der Waals surface area contributed by atoms with Gasteiger partial charge in [-0.15, -0.1) is 0 Å². The van der Waals surface area contributed by atoms with Crippen LogP contribution in [0.3, 0.4) is 0 Å². The Morgan fingerprint density at radius 1 is 1.47 bits per heavy atom. The smallest absolute Gasteiger partial charge is 0.267 e. The summed E-state index contributed by atoms with van der Waals surface area (Å²) in [7, 11) is 1.47. The van der Waals surface area contributed by atoms with Gasteiger partial charge in [-0.3, -0.25) is 4.79 Å². The number of hydrogen-bond acceptors (Lipinski definition) is 3. The first kappa shape index (κ1) is 13.7. The lowest BCUT2D eigenvalue weighted by Gasteiger charge is -2.29. The number of likely N-dealkylation sites (N-methyl/N-ethyl adjacent to an activating group) is 1. The van der Waals surface area contributed by atoms with Crippen LogP contribution in [-0.4, -0.2) is 38.5 Å². The Morgan fingerprint density at radius 3 is 2.84 bits per heavy atom. The summed E-state index contributed by atoms with van der Waals surface area (Å²) < 4.78 is 26.3. The Morgan fingerprint density at radius 2 is 2.26 bits per heavy atom. The predicted molar refractivity (Wildman–Crippen MR) is 68.7 cm³/mol. The Balaban J connectivity index is 2.28. The molecular weight excluding hydrogens is 252 g/mol. The van der Waals surface area contributed by atoms with Gasteiger partial charge in [-0.05, 0) is 30.2 Å². The molecule has 1 unspecified atom stereocenters. The van der Waals surface area contributed by atoms with E-state index in [9.17, 15) is 13.6 Å². The van der Waals surface area contributed by atoms with Crippen LogP contribution in [0.25, 0.3) is 0 Å². The fourth-order valence-corrected chi connectivity index (χ4v) is 2.24. The monoisotopic (exact) mass is 269 g/mol. The molecule has 2 aliphatic heterocycles. The molecule has 0 aromatic carbocycles. The molecule has 0 radical (unpaired) electrons. The van der Waals surface area contributed by atoms with E-state index in [-0.39, 0.29) is 11.6 Å². The van der Waals surface area contributed by atoms with Crippen LogP contribution in [0.5, 0.6) is 0 Å². The van der Waals surface area contributed by atoms with E-state index in [0.717, 1.165) is 18.5 Å². The topological polar surface area (TPSA) is 53.2 Å². The zero-order valence-electron chi connectivity index (χ0n) is 10.7. The van der Waals surface area contributed by atoms with Crippen LogP contribution in [0.2, 0.25) is 0 Å². The van der Waals surface area contributed by atoms with E-state index in [1.54, 1.807) is 12.2 Å². The molecule has 19 heavy (non-hydrogen) atoms. The van der Waals surface area contributed by atoms with Crippen LogP contribution in [-0.2, 0) is 4.79 Å². The van der Waals surface area contributed by atoms with Gasteiger partial charge in [-0.25, -0.2) is 8.78 Å². The maximum Gasteiger partial charge on any atom is 0.267 e. The summed E-state index contributed by atoms with van der Waals surface area (Å²) in [6, 6.07) is -1.12. The van der Waals surface area contributed by atoms with Gasteiger partial charge in [0.1, 0.15) is 11.7 Å². The first-order valence-electron chi connectivity index (χ1n) is 6.22. The standard InChI is InChI=1S/C13H17F2N3O/c1-16-13(19)10-3-2-9(11(18-10)12(14)15)8-4-6-17-7-5-8/h2-4,11-12,17-18H,5-7H2,1H3,(H,16,19). The molecule has 0 saturated heterocycles. The molecule has 4 nitrogen and oxygen atoms in total. The zero-order valence-corrected chi connectivity index (χ0v) is 10.7. The maximum atomic E-state index is 13.2. The van der Waals surface area contributed by atoms with Crippen molar-refractivity contribution in [2.45, 2.75) is 18.9 Å². The van der Waals surface area contributed by atoms with Crippen molar-refractivity contribution in [3.63, 3.8) is 0 Å². The molecule has 6 heteroatoms. The Kier molecular flexibility index (Phi) is 4.31. The normalized spacial score (nSPS) is 23.2. The highest BCUT2D eigenvalue weighted by atomic mass is 19.3. The molecule has 2 heterocycles. The molecule has 2 aliphatic rings. The van der Waals surface area contributed by atoms with Crippen molar-refractivity contribution in [2.75, 3.05) is 20.1 Å². The molecule has 1 amide bonds. The second-order valence-electron chi connectivity index (χ2n) is 4.42. The number of allylic oxidation sites excluding steroid dienone is 2. The minimum absolute atomic E-state index is 0.172. The average Bonchev–Trinajstić information content (AvgIpc) is 2.46. The van der Waals surface area contributed by atoms with Crippen LogP contribution in [0.1, 0.15) is 6.42 Å². The van der Waals surface area contributed by atoms with Crippen molar-refractivity contribution in [1.82, 2.24) is 16.0 Å². The van der Waals surface area contributed by atoms with E-state index in [4.69, 9.17) is 0 Å². The number of alkyl halides is 2. The fourth-order valence-electron chi connectivity index (χ4n) is 2.24. The third-order valence-corrected chi connectivity index (χ3v) is 3.23. The van der Waals surface area contributed by atoms with Crippen molar-refractivity contribution in [2.24, 2.45) is 0 Å². The number of carbonyl (C=O) groups excluding carboxylic acids is 1. The van der Waals surface area contributed by atoms with Gasteiger partial charge in [-0.2, -0.15) is 0 Å². The average molecular weight is 269 g/mol. The minimum Gasteiger partial charge on any atom is -0.369 e. The summed E-state index contributed by atoms with van der Waals surface area (Å²) in [5, 5.41) is 8.18. The highest BCUT2D eigenvalue weighted by molar-refractivity contribution is 5.93. The third-order valence-electron chi connectivity index (χ3n) is 3.23. The first-order valence-corrected chi connectivity index (χ1v) is 6.22. The van der Waals surface area contributed by atoms with E-state index in [1.807, 2.05) is 6.08 Å². The second kappa shape index (κ2) is 5.97. The van der Waals surface area contributed by atoms with Crippen LogP contribution in [0, 0.1) is 0 Å². The lowest BCUT2D eigenvalue weighted by Crippen LogP contribution is -2.43. The number of amides is 1. The molecule has 0 fully saturated rings. The molecular formula is C13H17F2N3O. The van der Waals surface area contributed by atoms with Crippen molar-refractivity contribution < 1.29 is 13.6 Å². The third kappa shape index (κ3) is 3.01. The SMILES string of the molecule is CNC(=O)C1=CC=C(C2=CCNCC2)C(C(F)F)N1. The Bertz CT molecular complexity index is 455. The van der Waals surface area contributed by atoms with Gasteiger partial charge in [-0.1, -0.05) is 12.2 Å². The van der Waals surface area contributed by atoms with Crippen molar-refractivity contribution >= 4 is 5.91 Å². The predicted octanol–water partition coefficient (Wildman–Crippen LogP) is 0.699. The number of carbonyl (C=O) groups is 1. The largest absolute Gasteiger partial charge is 0.369 e. The van der Waals surface area contributed by atoms with Gasteiger partial charge in [0.25, 0.3) is 12.3 Å². The summed E-state index contributed by atoms with van der Waals surface area (Å²) >= 11 is 0. The highest BCUT2D eigenvalue weighted by Crippen LogP contribution is 2.26. The molecule has 0 bridgehead atoms. The molecule has 0 aromatic heterocycles. The van der Waals surface area contributed by atoms with Gasteiger partial charge in [0.2, 0.25) is 0 Å². The van der Waals surface area contributed by atoms with Crippen LogP contribution >= 0.6 is 0 Å². The maximum absolute atomic E-state index is 13.2.